The van der Waals surface area contributed by atoms with E-state index >= 15 is 0 Å². The van der Waals surface area contributed by atoms with E-state index < -0.39 is 6.23 Å². The van der Waals surface area contributed by atoms with Crippen molar-refractivity contribution in [1.29, 1.82) is 0 Å². The topological polar surface area (TPSA) is 73.4 Å². The van der Waals surface area contributed by atoms with Gasteiger partial charge in [-0.05, 0) is 35.9 Å². The number of fused-ring (bicyclic) bond motifs is 1. The highest BCUT2D eigenvalue weighted by molar-refractivity contribution is 6.03. The molecule has 1 aliphatic rings. The lowest BCUT2D eigenvalue weighted by atomic mass is 9.99. The number of amides is 1. The number of aliphatic hydroxyl groups excluding tert-OH is 1. The van der Waals surface area contributed by atoms with Crippen LogP contribution in [-0.4, -0.2) is 17.7 Å². The fourth-order valence-electron chi connectivity index (χ4n) is 3.24. The van der Waals surface area contributed by atoms with E-state index in [-0.39, 0.29) is 0 Å². The fourth-order valence-corrected chi connectivity index (χ4v) is 3.24. The van der Waals surface area contributed by atoms with E-state index in [0.29, 0.717) is 6.41 Å². The van der Waals surface area contributed by atoms with Crippen LogP contribution in [0.2, 0.25) is 0 Å². The summed E-state index contributed by atoms with van der Waals surface area (Å²) in [4.78, 5) is 10.6. The Morgan fingerprint density at radius 2 is 1.56 bits per heavy atom. The predicted molar refractivity (Wildman–Crippen MR) is 109 cm³/mol. The first-order chi connectivity index (χ1) is 13.3. The van der Waals surface area contributed by atoms with E-state index in [2.05, 4.69) is 16.0 Å². The highest BCUT2D eigenvalue weighted by Crippen LogP contribution is 2.39. The highest BCUT2D eigenvalue weighted by Gasteiger charge is 2.28. The van der Waals surface area contributed by atoms with Crippen molar-refractivity contribution < 1.29 is 9.90 Å². The number of carbonyl (C=O) groups excluding carboxylic acids is 1. The van der Waals surface area contributed by atoms with Crippen LogP contribution >= 0.6 is 0 Å². The fraction of sp³-hybridized carbons (Fsp3) is 0.0455. The monoisotopic (exact) mass is 357 g/mol. The van der Waals surface area contributed by atoms with Gasteiger partial charge in [0, 0.05) is 28.2 Å². The molecule has 0 fully saturated rings. The first kappa shape index (κ1) is 16.9. The summed E-state index contributed by atoms with van der Waals surface area (Å²) in [7, 11) is 0. The van der Waals surface area contributed by atoms with Crippen LogP contribution in [0.5, 0.6) is 0 Å². The van der Waals surface area contributed by atoms with Crippen molar-refractivity contribution in [2.45, 2.75) is 6.23 Å². The molecule has 4 N–H and O–H groups in total. The zero-order chi connectivity index (χ0) is 18.6. The highest BCUT2D eigenvalue weighted by atomic mass is 16.3. The van der Waals surface area contributed by atoms with Crippen LogP contribution in [0.3, 0.4) is 0 Å². The van der Waals surface area contributed by atoms with E-state index in [4.69, 9.17) is 0 Å². The molecule has 0 saturated heterocycles. The second-order valence-corrected chi connectivity index (χ2v) is 6.21. The third-order valence-electron chi connectivity index (χ3n) is 4.49. The molecule has 1 heterocycles. The van der Waals surface area contributed by atoms with Gasteiger partial charge >= 0.3 is 0 Å². The van der Waals surface area contributed by atoms with Gasteiger partial charge in [-0.1, -0.05) is 48.5 Å². The number of hydrogen-bond donors (Lipinski definition) is 4. The number of benzene rings is 3. The third kappa shape index (κ3) is 3.41. The van der Waals surface area contributed by atoms with E-state index in [1.165, 1.54) is 0 Å². The molecule has 0 spiro atoms. The molecule has 4 rings (SSSR count). The molecule has 1 aliphatic heterocycles. The minimum Gasteiger partial charge on any atom is -0.369 e. The molecule has 3 aromatic carbocycles. The molecule has 27 heavy (non-hydrogen) atoms. The molecular formula is C22H19N3O2. The number of para-hydroxylation sites is 1. The molecule has 3 aromatic rings. The van der Waals surface area contributed by atoms with Gasteiger partial charge < -0.3 is 21.1 Å². The van der Waals surface area contributed by atoms with Crippen molar-refractivity contribution in [2.24, 2.45) is 0 Å². The molecule has 5 heteroatoms. The number of aliphatic hydroxyl groups is 1. The standard InChI is InChI=1S/C22H19N3O2/c26-14-23-16-10-12-17(13-11-16)24-21(15-6-2-1-3-7-15)20-18-8-4-5-9-19(18)25-22(20)27/h1-14,22,24-25,27H,(H,23,26)/b21-20-. The average Bonchev–Trinajstić information content (AvgIpc) is 3.04. The van der Waals surface area contributed by atoms with Crippen LogP contribution in [0, 0.1) is 0 Å². The number of carbonyl (C=O) groups is 1. The van der Waals surface area contributed by atoms with Gasteiger partial charge in [0.2, 0.25) is 6.41 Å². The van der Waals surface area contributed by atoms with Crippen molar-refractivity contribution in [3.05, 3.63) is 90.0 Å². The Kier molecular flexibility index (Phi) is 4.60. The summed E-state index contributed by atoms with van der Waals surface area (Å²) in [6, 6.07) is 25.2. The van der Waals surface area contributed by atoms with Gasteiger partial charge in [-0.25, -0.2) is 0 Å². The Hall–Kier alpha value is -3.57. The first-order valence-electron chi connectivity index (χ1n) is 8.67. The van der Waals surface area contributed by atoms with Crippen molar-refractivity contribution >= 4 is 34.7 Å². The van der Waals surface area contributed by atoms with Crippen molar-refractivity contribution in [3.8, 4) is 0 Å². The largest absolute Gasteiger partial charge is 0.369 e. The lowest BCUT2D eigenvalue weighted by Crippen LogP contribution is -2.16. The average molecular weight is 357 g/mol. The van der Waals surface area contributed by atoms with Gasteiger partial charge in [0.15, 0.2) is 6.23 Å². The lowest BCUT2D eigenvalue weighted by molar-refractivity contribution is -0.105. The Labute approximate surface area is 157 Å². The predicted octanol–water partition coefficient (Wildman–Crippen LogP) is 3.98. The van der Waals surface area contributed by atoms with E-state index in [0.717, 1.165) is 39.5 Å². The molecular weight excluding hydrogens is 338 g/mol. The maximum absolute atomic E-state index is 10.7. The van der Waals surface area contributed by atoms with Gasteiger partial charge in [0.25, 0.3) is 0 Å². The van der Waals surface area contributed by atoms with Gasteiger partial charge in [-0.15, -0.1) is 0 Å². The summed E-state index contributed by atoms with van der Waals surface area (Å²) >= 11 is 0. The Balaban J connectivity index is 1.80. The van der Waals surface area contributed by atoms with Gasteiger partial charge in [-0.3, -0.25) is 4.79 Å². The van der Waals surface area contributed by atoms with Crippen LogP contribution in [-0.2, 0) is 4.79 Å². The van der Waals surface area contributed by atoms with Crippen LogP contribution in [0.1, 0.15) is 11.1 Å². The molecule has 134 valence electrons. The molecule has 1 unspecified atom stereocenters. The minimum absolute atomic E-state index is 0.650. The quantitative estimate of drug-likeness (QED) is 0.521. The Morgan fingerprint density at radius 1 is 0.889 bits per heavy atom. The maximum Gasteiger partial charge on any atom is 0.211 e. The van der Waals surface area contributed by atoms with E-state index in [9.17, 15) is 9.90 Å². The Bertz CT molecular complexity index is 982. The van der Waals surface area contributed by atoms with Gasteiger partial charge in [0.1, 0.15) is 0 Å². The molecule has 0 saturated carbocycles. The van der Waals surface area contributed by atoms with Gasteiger partial charge in [-0.2, -0.15) is 0 Å². The zero-order valence-corrected chi connectivity index (χ0v) is 14.5. The van der Waals surface area contributed by atoms with E-state index in [1.807, 2.05) is 78.9 Å². The smallest absolute Gasteiger partial charge is 0.211 e. The molecule has 5 nitrogen and oxygen atoms in total. The van der Waals surface area contributed by atoms with E-state index in [1.54, 1.807) is 0 Å². The van der Waals surface area contributed by atoms with Gasteiger partial charge in [0.05, 0.1) is 5.70 Å². The number of anilines is 3. The third-order valence-corrected chi connectivity index (χ3v) is 4.49. The Morgan fingerprint density at radius 3 is 2.30 bits per heavy atom. The molecule has 1 amide bonds. The summed E-state index contributed by atoms with van der Waals surface area (Å²) in [5.41, 5.74) is 6.05. The van der Waals surface area contributed by atoms with Crippen molar-refractivity contribution in [3.63, 3.8) is 0 Å². The first-order valence-corrected chi connectivity index (χ1v) is 8.67. The van der Waals surface area contributed by atoms with Crippen molar-refractivity contribution in [2.75, 3.05) is 16.0 Å². The molecule has 0 bridgehead atoms. The van der Waals surface area contributed by atoms with Crippen molar-refractivity contribution in [1.82, 2.24) is 0 Å². The number of hydrogen-bond acceptors (Lipinski definition) is 4. The number of nitrogens with one attached hydrogen (secondary N) is 3. The summed E-state index contributed by atoms with van der Waals surface area (Å²) in [5, 5.41) is 19.9. The lowest BCUT2D eigenvalue weighted by Gasteiger charge is -2.18. The molecule has 1 atom stereocenters. The second kappa shape index (κ2) is 7.35. The summed E-state index contributed by atoms with van der Waals surface area (Å²) < 4.78 is 0. The summed E-state index contributed by atoms with van der Waals surface area (Å²) in [5.74, 6) is 0. The van der Waals surface area contributed by atoms with Crippen LogP contribution in [0.15, 0.2) is 78.9 Å². The van der Waals surface area contributed by atoms with Crippen LogP contribution in [0.4, 0.5) is 17.1 Å². The molecule has 0 radical (unpaired) electrons. The molecule has 0 aliphatic carbocycles. The number of rotatable bonds is 5. The van der Waals surface area contributed by atoms with Crippen LogP contribution < -0.4 is 16.0 Å². The maximum atomic E-state index is 10.7. The second-order valence-electron chi connectivity index (χ2n) is 6.21. The summed E-state index contributed by atoms with van der Waals surface area (Å²) in [6.07, 6.45) is -0.154. The SMILES string of the molecule is O=CNc1ccc(N/C(=C2/c3ccccc3NC2O)c2ccccc2)cc1. The summed E-state index contributed by atoms with van der Waals surface area (Å²) in [6.45, 7) is 0. The zero-order valence-electron chi connectivity index (χ0n) is 14.5. The normalized spacial score (nSPS) is 16.9. The van der Waals surface area contributed by atoms with Crippen LogP contribution in [0.25, 0.3) is 11.3 Å². The minimum atomic E-state index is -0.805. The molecule has 0 aromatic heterocycles.